The molecule has 0 amide bonds. The van der Waals surface area contributed by atoms with Gasteiger partial charge in [-0.3, -0.25) is 0 Å². The molecule has 0 atom stereocenters. The van der Waals surface area contributed by atoms with Crippen LogP contribution < -0.4 is 22.9 Å². The Bertz CT molecular complexity index is 1130. The smallest absolute Gasteiger partial charge is 0.200 e. The molecule has 160 valence electrons. The molecule has 0 bridgehead atoms. The topological polar surface area (TPSA) is 138 Å². The Morgan fingerprint density at radius 3 is 1.32 bits per heavy atom. The summed E-state index contributed by atoms with van der Waals surface area (Å²) in [7, 11) is -3.99. The van der Waals surface area contributed by atoms with Crippen molar-refractivity contribution in [3.8, 4) is 0 Å². The molecule has 0 fully saturated rings. The van der Waals surface area contributed by atoms with Crippen LogP contribution in [-0.4, -0.2) is 19.7 Å². The van der Waals surface area contributed by atoms with Gasteiger partial charge in [-0.05, 0) is 34.4 Å². The van der Waals surface area contributed by atoms with Crippen molar-refractivity contribution in [3.05, 3.63) is 106 Å². The summed E-state index contributed by atoms with van der Waals surface area (Å²) in [5, 5.41) is 0. The summed E-state index contributed by atoms with van der Waals surface area (Å²) in [6, 6.07) is 18.6. The van der Waals surface area contributed by atoms with Crippen molar-refractivity contribution in [3.63, 3.8) is 0 Å². The van der Waals surface area contributed by atoms with Gasteiger partial charge in [0.15, 0.2) is 9.84 Å². The Morgan fingerprint density at radius 1 is 0.613 bits per heavy atom. The van der Waals surface area contributed by atoms with Crippen molar-refractivity contribution in [1.29, 1.82) is 0 Å². The summed E-state index contributed by atoms with van der Waals surface area (Å²) >= 11 is 0. The van der Waals surface area contributed by atoms with Crippen LogP contribution >= 0.6 is 0 Å². The monoisotopic (exact) mass is 434 g/mol. The average Bonchev–Trinajstić information content (AvgIpc) is 2.74. The minimum atomic E-state index is -3.99. The Morgan fingerprint density at radius 2 is 0.968 bits per heavy atom. The summed E-state index contributed by atoms with van der Waals surface area (Å²) < 4.78 is 28.2. The lowest BCUT2D eigenvalue weighted by molar-refractivity contribution is 0.534. The number of nitrogens with two attached hydrogens (primary N) is 4. The van der Waals surface area contributed by atoms with Gasteiger partial charge in [-0.25, -0.2) is 8.42 Å². The fourth-order valence-electron chi connectivity index (χ4n) is 3.91. The molecule has 0 heterocycles. The highest BCUT2D eigenvalue weighted by molar-refractivity contribution is 7.99. The molecule has 4 rings (SSSR count). The Labute approximate surface area is 182 Å². The minimum Gasteiger partial charge on any atom is -0.310 e. The van der Waals surface area contributed by atoms with Crippen molar-refractivity contribution in [2.75, 3.05) is 0 Å². The molecule has 0 unspecified atom stereocenters. The summed E-state index contributed by atoms with van der Waals surface area (Å²) in [5.41, 5.74) is 24.7. The largest absolute Gasteiger partial charge is 0.310 e. The van der Waals surface area contributed by atoms with Crippen LogP contribution in [0.25, 0.3) is 11.1 Å². The predicted molar refractivity (Wildman–Crippen MR) is 125 cm³/mol. The lowest BCUT2D eigenvalue weighted by Crippen LogP contribution is -2.50. The zero-order valence-corrected chi connectivity index (χ0v) is 17.8. The van der Waals surface area contributed by atoms with E-state index >= 15 is 0 Å². The van der Waals surface area contributed by atoms with E-state index in [-0.39, 0.29) is 22.7 Å². The maximum absolute atomic E-state index is 14.1. The summed E-state index contributed by atoms with van der Waals surface area (Å²) in [6.45, 7) is 0. The molecule has 6 nitrogen and oxygen atoms in total. The predicted octanol–water partition coefficient (Wildman–Crippen LogP) is 2.37. The van der Waals surface area contributed by atoms with Crippen LogP contribution in [-0.2, 0) is 9.84 Å². The third-order valence-electron chi connectivity index (χ3n) is 5.47. The van der Waals surface area contributed by atoms with E-state index in [2.05, 4.69) is 0 Å². The number of allylic oxidation sites excluding steroid dienone is 4. The van der Waals surface area contributed by atoms with Crippen LogP contribution in [0.15, 0.2) is 94.8 Å². The standard InChI is InChI=1S/C24H26N4O2S/c25-23(26)13-11-19(17-7-3-1-4-8-17)21(15-23)31(29,30)22-16-24(27,28)14-12-20(22)18-9-5-2-6-10-18/h1-14H,15-16,25-28H2. The van der Waals surface area contributed by atoms with Gasteiger partial charge in [0.2, 0.25) is 0 Å². The van der Waals surface area contributed by atoms with Gasteiger partial charge in [0, 0.05) is 12.8 Å². The Kier molecular flexibility index (Phi) is 5.33. The third kappa shape index (κ3) is 4.32. The zero-order chi connectivity index (χ0) is 22.3. The van der Waals surface area contributed by atoms with Crippen molar-refractivity contribution in [2.45, 2.75) is 24.2 Å². The first kappa shape index (κ1) is 21.4. The fourth-order valence-corrected chi connectivity index (χ4v) is 6.03. The number of benzene rings is 2. The molecule has 8 N–H and O–H groups in total. The van der Waals surface area contributed by atoms with Gasteiger partial charge in [0.25, 0.3) is 0 Å². The first-order valence-corrected chi connectivity index (χ1v) is 11.4. The van der Waals surface area contributed by atoms with Gasteiger partial charge in [-0.15, -0.1) is 0 Å². The molecule has 2 aromatic rings. The number of hydrogen-bond acceptors (Lipinski definition) is 6. The van der Waals surface area contributed by atoms with Gasteiger partial charge in [0.05, 0.1) is 21.1 Å². The number of rotatable bonds is 4. The molecule has 2 aromatic carbocycles. The molecule has 2 aliphatic rings. The highest BCUT2D eigenvalue weighted by Gasteiger charge is 2.38. The Hall–Kier alpha value is -2.81. The lowest BCUT2D eigenvalue weighted by Gasteiger charge is -2.32. The third-order valence-corrected chi connectivity index (χ3v) is 7.50. The Balaban J connectivity index is 1.97. The molecular weight excluding hydrogens is 408 g/mol. The number of hydrogen-bond donors (Lipinski definition) is 4. The molecule has 0 saturated heterocycles. The second-order valence-electron chi connectivity index (χ2n) is 8.15. The highest BCUT2D eigenvalue weighted by Crippen LogP contribution is 2.41. The van der Waals surface area contributed by atoms with Gasteiger partial charge in [0.1, 0.15) is 0 Å². The summed E-state index contributed by atoms with van der Waals surface area (Å²) in [5.74, 6) is 0. The first-order chi connectivity index (χ1) is 14.6. The zero-order valence-electron chi connectivity index (χ0n) is 17.0. The SMILES string of the molecule is NC1(N)C=CC(c2ccccc2)=C(S(=O)(=O)C2=C(c3ccccc3)C=CC(N)(N)C2)C1. The van der Waals surface area contributed by atoms with Crippen molar-refractivity contribution in [2.24, 2.45) is 22.9 Å². The second-order valence-corrected chi connectivity index (χ2v) is 10.1. The van der Waals surface area contributed by atoms with E-state index in [1.54, 1.807) is 24.3 Å². The van der Waals surface area contributed by atoms with Crippen LogP contribution in [0.3, 0.4) is 0 Å². The first-order valence-electron chi connectivity index (χ1n) is 9.95. The van der Waals surface area contributed by atoms with E-state index in [9.17, 15) is 8.42 Å². The molecular formula is C24H26N4O2S. The van der Waals surface area contributed by atoms with Crippen molar-refractivity contribution >= 4 is 21.0 Å². The van der Waals surface area contributed by atoms with Gasteiger partial charge < -0.3 is 22.9 Å². The lowest BCUT2D eigenvalue weighted by atomic mass is 9.93. The van der Waals surface area contributed by atoms with E-state index < -0.39 is 21.2 Å². The minimum absolute atomic E-state index is 0.0342. The number of sulfone groups is 1. The van der Waals surface area contributed by atoms with E-state index in [1.807, 2.05) is 60.7 Å². The van der Waals surface area contributed by atoms with Gasteiger partial charge in [-0.1, -0.05) is 72.8 Å². The quantitative estimate of drug-likeness (QED) is 0.545. The van der Waals surface area contributed by atoms with Gasteiger partial charge >= 0.3 is 0 Å². The molecule has 7 heteroatoms. The normalized spacial score (nSPS) is 20.3. The van der Waals surface area contributed by atoms with Crippen LogP contribution in [0.4, 0.5) is 0 Å². The average molecular weight is 435 g/mol. The van der Waals surface area contributed by atoms with E-state index in [0.717, 1.165) is 11.1 Å². The van der Waals surface area contributed by atoms with Crippen LogP contribution in [0, 0.1) is 0 Å². The van der Waals surface area contributed by atoms with Crippen molar-refractivity contribution < 1.29 is 8.42 Å². The molecule has 0 aromatic heterocycles. The molecule has 0 radical (unpaired) electrons. The van der Waals surface area contributed by atoms with E-state index in [1.165, 1.54) is 0 Å². The second kappa shape index (κ2) is 7.71. The molecule has 0 saturated carbocycles. The highest BCUT2D eigenvalue weighted by atomic mass is 32.2. The van der Waals surface area contributed by atoms with Crippen LogP contribution in [0.2, 0.25) is 0 Å². The summed E-state index contributed by atoms with van der Waals surface area (Å²) in [6.07, 6.45) is 6.58. The van der Waals surface area contributed by atoms with E-state index in [4.69, 9.17) is 22.9 Å². The maximum Gasteiger partial charge on any atom is 0.200 e. The molecule has 0 aliphatic heterocycles. The molecule has 0 spiro atoms. The summed E-state index contributed by atoms with van der Waals surface area (Å²) in [4.78, 5) is 0.335. The molecule has 31 heavy (non-hydrogen) atoms. The van der Waals surface area contributed by atoms with Crippen LogP contribution in [0.5, 0.6) is 0 Å². The molecule has 2 aliphatic carbocycles. The van der Waals surface area contributed by atoms with Gasteiger partial charge in [-0.2, -0.15) is 0 Å². The van der Waals surface area contributed by atoms with E-state index in [0.29, 0.717) is 11.1 Å². The van der Waals surface area contributed by atoms with Crippen LogP contribution in [0.1, 0.15) is 24.0 Å². The maximum atomic E-state index is 14.1. The fraction of sp³-hybridized carbons (Fsp3) is 0.167. The van der Waals surface area contributed by atoms with Crippen molar-refractivity contribution in [1.82, 2.24) is 0 Å².